The number of aliphatic imine (C=N–C) groups is 1. The SMILES string of the molecule is COc1cccc(NC(N)=NCc2ccccc2CN(C)Cc2ccco2)c1. The number of anilines is 1. The first-order valence-electron chi connectivity index (χ1n) is 9.13. The van der Waals surface area contributed by atoms with Crippen molar-refractivity contribution < 1.29 is 9.15 Å². The number of nitrogens with zero attached hydrogens (tertiary/aromatic N) is 2. The highest BCUT2D eigenvalue weighted by Crippen LogP contribution is 2.17. The molecule has 2 aromatic carbocycles. The summed E-state index contributed by atoms with van der Waals surface area (Å²) in [6, 6.07) is 19.7. The van der Waals surface area contributed by atoms with Gasteiger partial charge in [0.2, 0.25) is 0 Å². The average Bonchev–Trinajstić information content (AvgIpc) is 3.20. The Morgan fingerprint density at radius 3 is 2.64 bits per heavy atom. The van der Waals surface area contributed by atoms with Crippen LogP contribution in [0, 0.1) is 0 Å². The fourth-order valence-electron chi connectivity index (χ4n) is 2.94. The van der Waals surface area contributed by atoms with Crippen molar-refractivity contribution in [1.82, 2.24) is 4.90 Å². The number of furan rings is 1. The Kier molecular flexibility index (Phi) is 6.70. The van der Waals surface area contributed by atoms with Crippen LogP contribution in [-0.4, -0.2) is 25.0 Å². The number of ether oxygens (including phenoxy) is 1. The van der Waals surface area contributed by atoms with Crippen LogP contribution in [0.3, 0.4) is 0 Å². The normalized spacial score (nSPS) is 11.6. The van der Waals surface area contributed by atoms with Crippen molar-refractivity contribution in [1.29, 1.82) is 0 Å². The van der Waals surface area contributed by atoms with Crippen LogP contribution < -0.4 is 15.8 Å². The Labute approximate surface area is 165 Å². The molecule has 0 saturated carbocycles. The van der Waals surface area contributed by atoms with E-state index in [1.54, 1.807) is 13.4 Å². The second kappa shape index (κ2) is 9.62. The van der Waals surface area contributed by atoms with Gasteiger partial charge < -0.3 is 20.2 Å². The maximum atomic E-state index is 6.06. The van der Waals surface area contributed by atoms with Crippen LogP contribution in [0.1, 0.15) is 16.9 Å². The Hall–Kier alpha value is -3.25. The molecule has 0 spiro atoms. The summed E-state index contributed by atoms with van der Waals surface area (Å²) in [5.41, 5.74) is 9.26. The molecule has 0 aliphatic carbocycles. The molecule has 3 rings (SSSR count). The fourth-order valence-corrected chi connectivity index (χ4v) is 2.94. The highest BCUT2D eigenvalue weighted by molar-refractivity contribution is 5.92. The second-order valence-corrected chi connectivity index (χ2v) is 6.58. The van der Waals surface area contributed by atoms with Gasteiger partial charge in [0.15, 0.2) is 5.96 Å². The second-order valence-electron chi connectivity index (χ2n) is 6.58. The summed E-state index contributed by atoms with van der Waals surface area (Å²) in [6.45, 7) is 2.06. The third-order valence-corrected chi connectivity index (χ3v) is 4.33. The van der Waals surface area contributed by atoms with E-state index in [0.29, 0.717) is 12.5 Å². The summed E-state index contributed by atoms with van der Waals surface area (Å²) >= 11 is 0. The van der Waals surface area contributed by atoms with Crippen molar-refractivity contribution in [3.63, 3.8) is 0 Å². The molecule has 0 bridgehead atoms. The van der Waals surface area contributed by atoms with E-state index in [1.165, 1.54) is 5.56 Å². The molecule has 0 saturated heterocycles. The molecule has 6 nitrogen and oxygen atoms in total. The molecule has 0 aliphatic heterocycles. The maximum Gasteiger partial charge on any atom is 0.193 e. The van der Waals surface area contributed by atoms with Crippen molar-refractivity contribution in [3.8, 4) is 5.75 Å². The van der Waals surface area contributed by atoms with Gasteiger partial charge in [0, 0.05) is 18.3 Å². The summed E-state index contributed by atoms with van der Waals surface area (Å²) < 4.78 is 10.7. The van der Waals surface area contributed by atoms with Crippen LogP contribution in [0.25, 0.3) is 0 Å². The Bertz CT molecular complexity index is 906. The molecule has 1 aromatic heterocycles. The topological polar surface area (TPSA) is 76.0 Å². The minimum Gasteiger partial charge on any atom is -0.497 e. The van der Waals surface area contributed by atoms with Crippen molar-refractivity contribution >= 4 is 11.6 Å². The molecular formula is C22H26N4O2. The van der Waals surface area contributed by atoms with E-state index in [1.807, 2.05) is 48.5 Å². The van der Waals surface area contributed by atoms with Gasteiger partial charge in [-0.05, 0) is 42.4 Å². The van der Waals surface area contributed by atoms with Gasteiger partial charge in [0.05, 0.1) is 26.5 Å². The van der Waals surface area contributed by atoms with E-state index in [9.17, 15) is 0 Å². The summed E-state index contributed by atoms with van der Waals surface area (Å²) in [5.74, 6) is 2.08. The van der Waals surface area contributed by atoms with Crippen molar-refractivity contribution in [2.24, 2.45) is 10.7 Å². The summed E-state index contributed by atoms with van der Waals surface area (Å²) in [5, 5.41) is 3.10. The Morgan fingerprint density at radius 1 is 1.07 bits per heavy atom. The van der Waals surface area contributed by atoms with Crippen molar-refractivity contribution in [3.05, 3.63) is 83.8 Å². The molecule has 3 aromatic rings. The third-order valence-electron chi connectivity index (χ3n) is 4.33. The zero-order chi connectivity index (χ0) is 19.8. The van der Waals surface area contributed by atoms with E-state index in [4.69, 9.17) is 14.9 Å². The Morgan fingerprint density at radius 2 is 1.89 bits per heavy atom. The minimum atomic E-state index is 0.368. The van der Waals surface area contributed by atoms with E-state index in [-0.39, 0.29) is 0 Å². The monoisotopic (exact) mass is 378 g/mol. The van der Waals surface area contributed by atoms with Crippen molar-refractivity contribution in [2.45, 2.75) is 19.6 Å². The molecule has 0 aliphatic rings. The largest absolute Gasteiger partial charge is 0.497 e. The zero-order valence-electron chi connectivity index (χ0n) is 16.3. The quantitative estimate of drug-likeness (QED) is 0.460. The van der Waals surface area contributed by atoms with Gasteiger partial charge in [-0.15, -0.1) is 0 Å². The molecule has 1 heterocycles. The average molecular weight is 378 g/mol. The van der Waals surface area contributed by atoms with Gasteiger partial charge in [-0.2, -0.15) is 0 Å². The van der Waals surface area contributed by atoms with Crippen LogP contribution in [0.15, 0.2) is 76.3 Å². The molecule has 0 atom stereocenters. The summed E-state index contributed by atoms with van der Waals surface area (Å²) in [7, 11) is 3.71. The van der Waals surface area contributed by atoms with E-state index >= 15 is 0 Å². The summed E-state index contributed by atoms with van der Waals surface area (Å²) in [4.78, 5) is 6.70. The maximum absolute atomic E-state index is 6.06. The lowest BCUT2D eigenvalue weighted by atomic mass is 10.1. The third kappa shape index (κ3) is 5.62. The summed E-state index contributed by atoms with van der Waals surface area (Å²) in [6.07, 6.45) is 1.70. The lowest BCUT2D eigenvalue weighted by Gasteiger charge is -2.17. The van der Waals surface area contributed by atoms with E-state index < -0.39 is 0 Å². The first-order valence-corrected chi connectivity index (χ1v) is 9.13. The lowest BCUT2D eigenvalue weighted by molar-refractivity contribution is 0.287. The number of hydrogen-bond donors (Lipinski definition) is 2. The van der Waals surface area contributed by atoms with Crippen LogP contribution in [0.4, 0.5) is 5.69 Å². The molecule has 28 heavy (non-hydrogen) atoms. The van der Waals surface area contributed by atoms with Crippen LogP contribution >= 0.6 is 0 Å². The number of benzene rings is 2. The van der Waals surface area contributed by atoms with E-state index in [2.05, 4.69) is 34.4 Å². The van der Waals surface area contributed by atoms with Gasteiger partial charge in [-0.1, -0.05) is 30.3 Å². The van der Waals surface area contributed by atoms with Crippen LogP contribution in [0.5, 0.6) is 5.75 Å². The van der Waals surface area contributed by atoms with Crippen molar-refractivity contribution in [2.75, 3.05) is 19.5 Å². The number of methoxy groups -OCH3 is 1. The molecule has 0 amide bonds. The predicted molar refractivity (Wildman–Crippen MR) is 112 cm³/mol. The minimum absolute atomic E-state index is 0.368. The molecule has 6 heteroatoms. The number of nitrogens with two attached hydrogens (primary N) is 1. The van der Waals surface area contributed by atoms with E-state index in [0.717, 1.165) is 35.9 Å². The van der Waals surface area contributed by atoms with Gasteiger partial charge in [-0.3, -0.25) is 4.90 Å². The fraction of sp³-hybridized carbons (Fsp3) is 0.227. The molecule has 146 valence electrons. The highest BCUT2D eigenvalue weighted by Gasteiger charge is 2.07. The van der Waals surface area contributed by atoms with Gasteiger partial charge in [0.25, 0.3) is 0 Å². The van der Waals surface area contributed by atoms with Crippen LogP contribution in [-0.2, 0) is 19.6 Å². The predicted octanol–water partition coefficient (Wildman–Crippen LogP) is 3.85. The van der Waals surface area contributed by atoms with Gasteiger partial charge in [0.1, 0.15) is 11.5 Å². The zero-order valence-corrected chi connectivity index (χ0v) is 16.3. The highest BCUT2D eigenvalue weighted by atomic mass is 16.5. The standard InChI is InChI=1S/C22H26N4O2/c1-26(16-21-11-6-12-28-21)15-18-8-4-3-7-17(18)14-24-22(23)25-19-9-5-10-20(13-19)27-2/h3-13H,14-16H2,1-2H3,(H3,23,24,25). The smallest absolute Gasteiger partial charge is 0.193 e. The number of guanidine groups is 1. The number of nitrogens with one attached hydrogen (secondary N) is 1. The molecule has 0 radical (unpaired) electrons. The van der Waals surface area contributed by atoms with Gasteiger partial charge in [-0.25, -0.2) is 4.99 Å². The number of hydrogen-bond acceptors (Lipinski definition) is 4. The molecule has 0 fully saturated rings. The molecular weight excluding hydrogens is 352 g/mol. The molecule has 3 N–H and O–H groups in total. The lowest BCUT2D eigenvalue weighted by Crippen LogP contribution is -2.23. The Balaban J connectivity index is 1.62. The number of rotatable bonds is 8. The first-order chi connectivity index (χ1) is 13.6. The molecule has 0 unspecified atom stereocenters. The van der Waals surface area contributed by atoms with Gasteiger partial charge >= 0.3 is 0 Å². The first kappa shape index (κ1) is 19.5. The van der Waals surface area contributed by atoms with Crippen LogP contribution in [0.2, 0.25) is 0 Å².